The van der Waals surface area contributed by atoms with Crippen LogP contribution in [0.2, 0.25) is 0 Å². The van der Waals surface area contributed by atoms with Gasteiger partial charge in [0.2, 0.25) is 0 Å². The largest absolute Gasteiger partial charge is 0.431 e. The molecule has 3 nitrogen and oxygen atoms in total. The van der Waals surface area contributed by atoms with Crippen molar-refractivity contribution in [2.75, 3.05) is 0 Å². The van der Waals surface area contributed by atoms with Gasteiger partial charge in [0.25, 0.3) is 0 Å². The van der Waals surface area contributed by atoms with Gasteiger partial charge in [-0.2, -0.15) is 13.2 Å². The van der Waals surface area contributed by atoms with Crippen LogP contribution in [0, 0.1) is 0 Å². The van der Waals surface area contributed by atoms with Crippen LogP contribution in [0.3, 0.4) is 0 Å². The third kappa shape index (κ3) is 1.37. The molecule has 0 aliphatic heterocycles. The van der Waals surface area contributed by atoms with Crippen molar-refractivity contribution in [3.63, 3.8) is 0 Å². The second-order valence-electron chi connectivity index (χ2n) is 2.59. The summed E-state index contributed by atoms with van der Waals surface area (Å²) >= 11 is 3.09. The molecule has 0 fully saturated rings. The van der Waals surface area contributed by atoms with Crippen molar-refractivity contribution in [3.8, 4) is 0 Å². The second kappa shape index (κ2) is 2.94. The van der Waals surface area contributed by atoms with E-state index in [1.54, 1.807) is 0 Å². The fourth-order valence-electron chi connectivity index (χ4n) is 1.11. The minimum atomic E-state index is -4.40. The minimum absolute atomic E-state index is 0.153. The highest BCUT2D eigenvalue weighted by Gasteiger charge is 2.33. The van der Waals surface area contributed by atoms with E-state index in [0.717, 1.165) is 16.8 Å². The van der Waals surface area contributed by atoms with Crippen molar-refractivity contribution < 1.29 is 13.2 Å². The fourth-order valence-corrected chi connectivity index (χ4v) is 1.51. The van der Waals surface area contributed by atoms with E-state index < -0.39 is 11.9 Å². The molecule has 0 spiro atoms. The molecule has 2 aromatic rings. The van der Waals surface area contributed by atoms with Gasteiger partial charge >= 0.3 is 6.18 Å². The molecule has 2 rings (SSSR count). The van der Waals surface area contributed by atoms with Gasteiger partial charge in [-0.3, -0.25) is 4.40 Å². The zero-order valence-corrected chi connectivity index (χ0v) is 8.17. The third-order valence-corrected chi connectivity index (χ3v) is 2.32. The van der Waals surface area contributed by atoms with Gasteiger partial charge in [0.1, 0.15) is 12.0 Å². The summed E-state index contributed by atoms with van der Waals surface area (Å²) in [5, 5.41) is 6.98. The van der Waals surface area contributed by atoms with E-state index in [4.69, 9.17) is 0 Å². The van der Waals surface area contributed by atoms with E-state index in [1.807, 2.05) is 0 Å². The van der Waals surface area contributed by atoms with Gasteiger partial charge in [-0.1, -0.05) is 0 Å². The van der Waals surface area contributed by atoms with Crippen molar-refractivity contribution in [1.29, 1.82) is 0 Å². The molecule has 74 valence electrons. The first-order valence-corrected chi connectivity index (χ1v) is 4.35. The summed E-state index contributed by atoms with van der Waals surface area (Å²) in [6, 6.07) is 2.27. The van der Waals surface area contributed by atoms with Gasteiger partial charge in [-0.15, -0.1) is 10.2 Å². The molecule has 7 heteroatoms. The minimum Gasteiger partial charge on any atom is -0.276 e. The number of alkyl halides is 3. The Kier molecular flexibility index (Phi) is 1.99. The van der Waals surface area contributed by atoms with E-state index in [0.29, 0.717) is 4.47 Å². The summed E-state index contributed by atoms with van der Waals surface area (Å²) in [6.45, 7) is 0. The van der Waals surface area contributed by atoms with E-state index in [-0.39, 0.29) is 5.65 Å². The summed E-state index contributed by atoms with van der Waals surface area (Å²) in [5.41, 5.74) is -0.638. The number of pyridine rings is 1. The summed E-state index contributed by atoms with van der Waals surface area (Å²) in [7, 11) is 0. The van der Waals surface area contributed by atoms with Gasteiger partial charge in [0, 0.05) is 0 Å². The Morgan fingerprint density at radius 2 is 2.00 bits per heavy atom. The summed E-state index contributed by atoms with van der Waals surface area (Å²) in [4.78, 5) is 0. The molecule has 0 bridgehead atoms. The number of halogens is 4. The number of aromatic nitrogens is 3. The first-order chi connectivity index (χ1) is 6.50. The fraction of sp³-hybridized carbons (Fsp3) is 0.143. The molecular weight excluding hydrogens is 263 g/mol. The smallest absolute Gasteiger partial charge is 0.276 e. The van der Waals surface area contributed by atoms with Crippen LogP contribution < -0.4 is 0 Å². The number of fused-ring (bicyclic) bond motifs is 1. The summed E-state index contributed by atoms with van der Waals surface area (Å²) < 4.78 is 38.7. The number of hydrogen-bond donors (Lipinski definition) is 0. The molecule has 0 amide bonds. The number of nitrogens with zero attached hydrogens (tertiary/aromatic N) is 3. The molecule has 0 radical (unpaired) electrons. The number of hydrogen-bond acceptors (Lipinski definition) is 2. The van der Waals surface area contributed by atoms with Gasteiger partial charge in [-0.05, 0) is 28.1 Å². The van der Waals surface area contributed by atoms with Gasteiger partial charge in [-0.25, -0.2) is 0 Å². The Balaban J connectivity index is 2.80. The molecule has 0 aliphatic rings. The first-order valence-electron chi connectivity index (χ1n) is 3.55. The summed E-state index contributed by atoms with van der Waals surface area (Å²) in [6.07, 6.45) is -3.37. The first kappa shape index (κ1) is 9.45. The standard InChI is InChI=1S/C7H3BrF3N3/c8-4-1-2-5(7(9,10)11)14-3-12-13-6(4)14/h1-3H. The molecular formula is C7H3BrF3N3. The normalized spacial score (nSPS) is 12.3. The van der Waals surface area contributed by atoms with Crippen LogP contribution in [-0.2, 0) is 6.18 Å². The molecule has 14 heavy (non-hydrogen) atoms. The Hall–Kier alpha value is -1.11. The van der Waals surface area contributed by atoms with E-state index in [1.165, 1.54) is 6.07 Å². The molecule has 2 aromatic heterocycles. The lowest BCUT2D eigenvalue weighted by atomic mass is 10.3. The Morgan fingerprint density at radius 1 is 1.29 bits per heavy atom. The topological polar surface area (TPSA) is 30.2 Å². The van der Waals surface area contributed by atoms with Crippen LogP contribution in [0.1, 0.15) is 5.69 Å². The van der Waals surface area contributed by atoms with Crippen LogP contribution in [0.25, 0.3) is 5.65 Å². The van der Waals surface area contributed by atoms with Crippen LogP contribution in [0.4, 0.5) is 13.2 Å². The molecule has 0 N–H and O–H groups in total. The molecule has 0 aliphatic carbocycles. The van der Waals surface area contributed by atoms with Crippen molar-refractivity contribution >= 4 is 21.6 Å². The van der Waals surface area contributed by atoms with Crippen LogP contribution in [0.5, 0.6) is 0 Å². The predicted octanol–water partition coefficient (Wildman–Crippen LogP) is 2.51. The highest BCUT2D eigenvalue weighted by molar-refractivity contribution is 9.10. The predicted molar refractivity (Wildman–Crippen MR) is 45.7 cm³/mol. The second-order valence-corrected chi connectivity index (χ2v) is 3.44. The zero-order chi connectivity index (χ0) is 10.3. The molecule has 0 saturated heterocycles. The lowest BCUT2D eigenvalue weighted by Gasteiger charge is -2.08. The SMILES string of the molecule is FC(F)(F)c1ccc(Br)c2nncn12. The Morgan fingerprint density at radius 3 is 2.64 bits per heavy atom. The zero-order valence-electron chi connectivity index (χ0n) is 6.59. The molecule has 0 atom stereocenters. The quantitative estimate of drug-likeness (QED) is 0.733. The van der Waals surface area contributed by atoms with Crippen molar-refractivity contribution in [2.24, 2.45) is 0 Å². The maximum absolute atomic E-state index is 12.4. The molecule has 0 saturated carbocycles. The van der Waals surface area contributed by atoms with Gasteiger partial charge in [0.15, 0.2) is 5.65 Å². The van der Waals surface area contributed by atoms with Crippen molar-refractivity contribution in [3.05, 3.63) is 28.6 Å². The monoisotopic (exact) mass is 265 g/mol. The van der Waals surface area contributed by atoms with Crippen molar-refractivity contribution in [1.82, 2.24) is 14.6 Å². The lowest BCUT2D eigenvalue weighted by molar-refractivity contribution is -0.142. The number of rotatable bonds is 0. The van der Waals surface area contributed by atoms with Crippen LogP contribution in [-0.4, -0.2) is 14.6 Å². The molecule has 0 aromatic carbocycles. The van der Waals surface area contributed by atoms with E-state index in [9.17, 15) is 13.2 Å². The van der Waals surface area contributed by atoms with E-state index in [2.05, 4.69) is 26.1 Å². The molecule has 2 heterocycles. The third-order valence-electron chi connectivity index (χ3n) is 1.70. The van der Waals surface area contributed by atoms with Crippen LogP contribution in [0.15, 0.2) is 22.9 Å². The van der Waals surface area contributed by atoms with E-state index >= 15 is 0 Å². The highest BCUT2D eigenvalue weighted by atomic mass is 79.9. The average molecular weight is 266 g/mol. The summed E-state index contributed by atoms with van der Waals surface area (Å²) in [5.74, 6) is 0. The maximum atomic E-state index is 12.4. The Bertz CT molecular complexity index is 476. The van der Waals surface area contributed by atoms with Crippen LogP contribution >= 0.6 is 15.9 Å². The van der Waals surface area contributed by atoms with Gasteiger partial charge < -0.3 is 0 Å². The van der Waals surface area contributed by atoms with Gasteiger partial charge in [0.05, 0.1) is 4.47 Å². The maximum Gasteiger partial charge on any atom is 0.431 e. The molecule has 0 unspecified atom stereocenters. The average Bonchev–Trinajstić information content (AvgIpc) is 2.50. The lowest BCUT2D eigenvalue weighted by Crippen LogP contribution is -2.10. The Labute approximate surface area is 84.7 Å². The van der Waals surface area contributed by atoms with Crippen molar-refractivity contribution in [2.45, 2.75) is 6.18 Å². The highest BCUT2D eigenvalue weighted by Crippen LogP contribution is 2.31.